The van der Waals surface area contributed by atoms with Crippen molar-refractivity contribution in [2.45, 2.75) is 39.2 Å². The van der Waals surface area contributed by atoms with Gasteiger partial charge in [0.05, 0.1) is 0 Å². The molecule has 2 rings (SSSR count). The van der Waals surface area contributed by atoms with Crippen molar-refractivity contribution in [2.24, 2.45) is 0 Å². The molecule has 0 spiro atoms. The van der Waals surface area contributed by atoms with Gasteiger partial charge in [0.1, 0.15) is 5.82 Å². The summed E-state index contributed by atoms with van der Waals surface area (Å²) in [5, 5.41) is 3.48. The molecule has 0 bridgehead atoms. The Bertz CT molecular complexity index is 389. The number of aromatic nitrogens is 1. The van der Waals surface area contributed by atoms with Gasteiger partial charge in [0, 0.05) is 23.3 Å². The molecule has 1 aromatic heterocycles. The number of hydrogen-bond acceptors (Lipinski definition) is 3. The third-order valence-electron chi connectivity index (χ3n) is 3.42. The van der Waals surface area contributed by atoms with Crippen molar-refractivity contribution in [1.29, 1.82) is 0 Å². The van der Waals surface area contributed by atoms with Crippen LogP contribution in [0.25, 0.3) is 0 Å². The van der Waals surface area contributed by atoms with Crippen molar-refractivity contribution < 1.29 is 0 Å². The summed E-state index contributed by atoms with van der Waals surface area (Å²) >= 11 is 3.48. The van der Waals surface area contributed by atoms with Crippen molar-refractivity contribution in [3.63, 3.8) is 0 Å². The van der Waals surface area contributed by atoms with Crippen molar-refractivity contribution in [2.75, 3.05) is 25.0 Å². The zero-order valence-electron chi connectivity index (χ0n) is 11.2. The molecule has 1 aliphatic rings. The lowest BCUT2D eigenvalue weighted by Crippen LogP contribution is -2.38. The van der Waals surface area contributed by atoms with E-state index in [1.165, 1.54) is 37.9 Å². The van der Waals surface area contributed by atoms with Crippen LogP contribution >= 0.6 is 15.9 Å². The Balaban J connectivity index is 1.85. The molecule has 2 heterocycles. The minimum absolute atomic E-state index is 0.441. The average Bonchev–Trinajstić information content (AvgIpc) is 2.35. The first-order valence-corrected chi connectivity index (χ1v) is 7.55. The summed E-state index contributed by atoms with van der Waals surface area (Å²) in [4.78, 5) is 6.94. The Hall–Kier alpha value is -0.610. The monoisotopic (exact) mass is 311 g/mol. The zero-order valence-corrected chi connectivity index (χ0v) is 12.8. The van der Waals surface area contributed by atoms with E-state index in [2.05, 4.69) is 51.0 Å². The van der Waals surface area contributed by atoms with Crippen molar-refractivity contribution >= 4 is 21.7 Å². The second kappa shape index (κ2) is 6.53. The molecule has 0 amide bonds. The van der Waals surface area contributed by atoms with Crippen LogP contribution in [0.1, 0.15) is 31.7 Å². The van der Waals surface area contributed by atoms with E-state index in [1.807, 2.05) is 6.20 Å². The first kappa shape index (κ1) is 13.8. The molecule has 1 N–H and O–H groups in total. The molecule has 0 saturated carbocycles. The fourth-order valence-electron chi connectivity index (χ4n) is 2.45. The second-order valence-electron chi connectivity index (χ2n) is 5.23. The normalized spacial score (nSPS) is 18.6. The number of pyridine rings is 1. The molecule has 1 aliphatic heterocycles. The summed E-state index contributed by atoms with van der Waals surface area (Å²) < 4.78 is 1.07. The number of hydrogen-bond donors (Lipinski definition) is 1. The summed E-state index contributed by atoms with van der Waals surface area (Å²) in [6.07, 6.45) is 5.96. The van der Waals surface area contributed by atoms with Crippen LogP contribution in [-0.4, -0.2) is 35.6 Å². The lowest BCUT2D eigenvalue weighted by molar-refractivity contribution is 0.223. The first-order valence-electron chi connectivity index (χ1n) is 6.76. The molecule has 1 aromatic rings. The number of piperidine rings is 1. The van der Waals surface area contributed by atoms with Gasteiger partial charge in [0.2, 0.25) is 0 Å². The lowest BCUT2D eigenvalue weighted by Gasteiger charge is -2.29. The van der Waals surface area contributed by atoms with E-state index in [1.54, 1.807) is 0 Å². The summed E-state index contributed by atoms with van der Waals surface area (Å²) in [7, 11) is 0. The highest BCUT2D eigenvalue weighted by Gasteiger charge is 2.13. The summed E-state index contributed by atoms with van der Waals surface area (Å²) in [5.41, 5.74) is 1.22. The second-order valence-corrected chi connectivity index (χ2v) is 6.08. The number of rotatable bonds is 4. The van der Waals surface area contributed by atoms with Crippen molar-refractivity contribution in [1.82, 2.24) is 9.88 Å². The van der Waals surface area contributed by atoms with Crippen LogP contribution in [0.3, 0.4) is 0 Å². The van der Waals surface area contributed by atoms with Crippen LogP contribution < -0.4 is 5.32 Å². The summed E-state index contributed by atoms with van der Waals surface area (Å²) in [6.45, 7) is 7.92. The highest BCUT2D eigenvalue weighted by Crippen LogP contribution is 2.18. The van der Waals surface area contributed by atoms with Crippen molar-refractivity contribution in [3.8, 4) is 0 Å². The number of nitrogens with zero attached hydrogens (tertiary/aromatic N) is 2. The molecule has 0 radical (unpaired) electrons. The fraction of sp³-hybridized carbons (Fsp3) is 0.643. The van der Waals surface area contributed by atoms with Crippen LogP contribution in [-0.2, 0) is 0 Å². The largest absolute Gasteiger partial charge is 0.366 e. The lowest BCUT2D eigenvalue weighted by atomic mass is 10.1. The summed E-state index contributed by atoms with van der Waals surface area (Å²) in [6, 6.07) is 2.53. The van der Waals surface area contributed by atoms with Crippen LogP contribution in [0.4, 0.5) is 5.82 Å². The third kappa shape index (κ3) is 3.95. The fourth-order valence-corrected chi connectivity index (χ4v) is 2.66. The minimum atomic E-state index is 0.441. The molecule has 1 fully saturated rings. The predicted molar refractivity (Wildman–Crippen MR) is 80.0 cm³/mol. The van der Waals surface area contributed by atoms with E-state index in [9.17, 15) is 0 Å². The molecule has 4 heteroatoms. The van der Waals surface area contributed by atoms with Gasteiger partial charge in [0.25, 0.3) is 0 Å². The predicted octanol–water partition coefficient (Wildman–Crippen LogP) is 3.44. The number of halogens is 1. The maximum atomic E-state index is 4.40. The van der Waals surface area contributed by atoms with Gasteiger partial charge in [0.15, 0.2) is 0 Å². The van der Waals surface area contributed by atoms with Gasteiger partial charge in [-0.1, -0.05) is 6.42 Å². The molecule has 100 valence electrons. The Morgan fingerprint density at radius 2 is 2.11 bits per heavy atom. The minimum Gasteiger partial charge on any atom is -0.366 e. The highest BCUT2D eigenvalue weighted by molar-refractivity contribution is 9.10. The molecular formula is C14H22BrN3. The molecular weight excluding hydrogens is 290 g/mol. The third-order valence-corrected chi connectivity index (χ3v) is 4.25. The van der Waals surface area contributed by atoms with Gasteiger partial charge in [-0.2, -0.15) is 0 Å². The van der Waals surface area contributed by atoms with Gasteiger partial charge in [-0.3, -0.25) is 0 Å². The van der Waals surface area contributed by atoms with E-state index in [4.69, 9.17) is 0 Å². The molecule has 18 heavy (non-hydrogen) atoms. The van der Waals surface area contributed by atoms with E-state index in [0.717, 1.165) is 16.8 Å². The van der Waals surface area contributed by atoms with E-state index >= 15 is 0 Å². The average molecular weight is 312 g/mol. The standard InChI is InChI=1S/C14H22BrN3/c1-11-8-14(16-9-13(11)15)17-12(2)10-18-6-4-3-5-7-18/h8-9,12H,3-7,10H2,1-2H3,(H,16,17). The van der Waals surface area contributed by atoms with E-state index in [-0.39, 0.29) is 0 Å². The number of likely N-dealkylation sites (tertiary alicyclic amines) is 1. The topological polar surface area (TPSA) is 28.2 Å². The highest BCUT2D eigenvalue weighted by atomic mass is 79.9. The molecule has 0 aliphatic carbocycles. The number of aryl methyl sites for hydroxylation is 1. The summed E-state index contributed by atoms with van der Waals surface area (Å²) in [5.74, 6) is 0.972. The van der Waals surface area contributed by atoms with Gasteiger partial charge < -0.3 is 10.2 Å². The Morgan fingerprint density at radius 3 is 2.78 bits per heavy atom. The molecule has 0 aromatic carbocycles. The Morgan fingerprint density at radius 1 is 1.39 bits per heavy atom. The molecule has 1 unspecified atom stereocenters. The Labute approximate surface area is 118 Å². The van der Waals surface area contributed by atoms with Crippen LogP contribution in [0, 0.1) is 6.92 Å². The van der Waals surface area contributed by atoms with Gasteiger partial charge >= 0.3 is 0 Å². The quantitative estimate of drug-likeness (QED) is 0.923. The number of anilines is 1. The Kier molecular flexibility index (Phi) is 5.01. The van der Waals surface area contributed by atoms with Gasteiger partial charge in [-0.05, 0) is 67.3 Å². The van der Waals surface area contributed by atoms with Gasteiger partial charge in [-0.15, -0.1) is 0 Å². The number of nitrogens with one attached hydrogen (secondary N) is 1. The SMILES string of the molecule is Cc1cc(NC(C)CN2CCCCC2)ncc1Br. The molecule has 1 atom stereocenters. The first-order chi connectivity index (χ1) is 8.65. The van der Waals surface area contributed by atoms with Crippen LogP contribution in [0.5, 0.6) is 0 Å². The van der Waals surface area contributed by atoms with E-state index in [0.29, 0.717) is 6.04 Å². The van der Waals surface area contributed by atoms with Crippen LogP contribution in [0.15, 0.2) is 16.7 Å². The van der Waals surface area contributed by atoms with E-state index < -0.39 is 0 Å². The van der Waals surface area contributed by atoms with Gasteiger partial charge in [-0.25, -0.2) is 4.98 Å². The van der Waals surface area contributed by atoms with Crippen LogP contribution in [0.2, 0.25) is 0 Å². The smallest absolute Gasteiger partial charge is 0.126 e. The molecule has 3 nitrogen and oxygen atoms in total. The maximum Gasteiger partial charge on any atom is 0.126 e. The molecule has 1 saturated heterocycles. The maximum absolute atomic E-state index is 4.40. The van der Waals surface area contributed by atoms with Crippen molar-refractivity contribution in [3.05, 3.63) is 22.3 Å². The zero-order chi connectivity index (χ0) is 13.0.